The van der Waals surface area contributed by atoms with Gasteiger partial charge in [-0.15, -0.1) is 0 Å². The Balaban J connectivity index is 1.71. The van der Waals surface area contributed by atoms with Crippen LogP contribution in [-0.4, -0.2) is 48.6 Å². The summed E-state index contributed by atoms with van der Waals surface area (Å²) in [7, 11) is 0. The van der Waals surface area contributed by atoms with Crippen LogP contribution in [0.2, 0.25) is 0 Å². The third-order valence-electron chi connectivity index (χ3n) is 4.38. The lowest BCUT2D eigenvalue weighted by molar-refractivity contribution is 0.0116. The molecular formula is C18H25N3O4. The molecular weight excluding hydrogens is 322 g/mol. The van der Waals surface area contributed by atoms with Crippen molar-refractivity contribution < 1.29 is 18.4 Å². The molecule has 0 aromatic carbocycles. The van der Waals surface area contributed by atoms with Gasteiger partial charge in [-0.2, -0.15) is 0 Å². The number of carbonyl (C=O) groups excluding carboxylic acids is 1. The monoisotopic (exact) mass is 347 g/mol. The zero-order valence-electron chi connectivity index (χ0n) is 15.0. The summed E-state index contributed by atoms with van der Waals surface area (Å²) in [5.74, 6) is 2.33. The van der Waals surface area contributed by atoms with Crippen LogP contribution in [0.3, 0.4) is 0 Å². The normalized spacial score (nSPS) is 16.8. The largest absolute Gasteiger partial charge is 0.465 e. The Morgan fingerprint density at radius 3 is 2.64 bits per heavy atom. The number of aryl methyl sites for hydroxylation is 3. The first-order valence-corrected chi connectivity index (χ1v) is 8.71. The zero-order valence-corrected chi connectivity index (χ0v) is 15.0. The van der Waals surface area contributed by atoms with Gasteiger partial charge < -0.3 is 18.9 Å². The van der Waals surface area contributed by atoms with Crippen LogP contribution in [0.25, 0.3) is 0 Å². The molecule has 7 heteroatoms. The first-order chi connectivity index (χ1) is 12.1. The summed E-state index contributed by atoms with van der Waals surface area (Å²) in [5.41, 5.74) is 0.617. The SMILES string of the molecule is CCc1nc(C)c(C(=O)NCC(c2ccc(C)o2)N2CCOCC2)o1. The van der Waals surface area contributed by atoms with Gasteiger partial charge in [0, 0.05) is 26.1 Å². The van der Waals surface area contributed by atoms with Gasteiger partial charge in [0.05, 0.1) is 24.9 Å². The predicted molar refractivity (Wildman–Crippen MR) is 91.5 cm³/mol. The van der Waals surface area contributed by atoms with Gasteiger partial charge >= 0.3 is 0 Å². The van der Waals surface area contributed by atoms with Gasteiger partial charge in [0.15, 0.2) is 5.89 Å². The molecule has 1 amide bonds. The predicted octanol–water partition coefficient (Wildman–Crippen LogP) is 2.25. The van der Waals surface area contributed by atoms with E-state index in [0.717, 1.165) is 24.6 Å². The minimum atomic E-state index is -0.244. The molecule has 1 fully saturated rings. The molecule has 3 rings (SSSR count). The molecule has 0 bridgehead atoms. The number of hydrogen-bond donors (Lipinski definition) is 1. The summed E-state index contributed by atoms with van der Waals surface area (Å²) in [5, 5.41) is 2.97. The number of ether oxygens (including phenoxy) is 1. The van der Waals surface area contributed by atoms with Crippen molar-refractivity contribution in [1.82, 2.24) is 15.2 Å². The molecule has 2 aromatic heterocycles. The van der Waals surface area contributed by atoms with Crippen LogP contribution in [-0.2, 0) is 11.2 Å². The van der Waals surface area contributed by atoms with Crippen molar-refractivity contribution in [3.63, 3.8) is 0 Å². The van der Waals surface area contributed by atoms with Gasteiger partial charge in [0.25, 0.3) is 5.91 Å². The van der Waals surface area contributed by atoms with Crippen LogP contribution in [0.1, 0.15) is 46.6 Å². The van der Waals surface area contributed by atoms with Gasteiger partial charge in [-0.25, -0.2) is 4.98 Å². The van der Waals surface area contributed by atoms with Crippen molar-refractivity contribution in [3.05, 3.63) is 41.0 Å². The molecule has 2 aromatic rings. The molecule has 0 radical (unpaired) electrons. The molecule has 1 N–H and O–H groups in total. The Bertz CT molecular complexity index is 716. The van der Waals surface area contributed by atoms with Crippen molar-refractivity contribution in [1.29, 1.82) is 0 Å². The number of oxazole rings is 1. The van der Waals surface area contributed by atoms with Crippen LogP contribution in [0.5, 0.6) is 0 Å². The average molecular weight is 347 g/mol. The fourth-order valence-corrected chi connectivity index (χ4v) is 3.02. The van der Waals surface area contributed by atoms with Crippen LogP contribution in [0, 0.1) is 13.8 Å². The molecule has 25 heavy (non-hydrogen) atoms. The number of furan rings is 1. The van der Waals surface area contributed by atoms with Gasteiger partial charge in [-0.3, -0.25) is 9.69 Å². The molecule has 1 aliphatic heterocycles. The van der Waals surface area contributed by atoms with E-state index in [1.54, 1.807) is 6.92 Å². The molecule has 1 atom stereocenters. The molecule has 0 aliphatic carbocycles. The van der Waals surface area contributed by atoms with E-state index in [2.05, 4.69) is 15.2 Å². The minimum absolute atomic E-state index is 0.0320. The summed E-state index contributed by atoms with van der Waals surface area (Å²) in [6, 6.07) is 3.88. The molecule has 1 unspecified atom stereocenters. The van der Waals surface area contributed by atoms with Gasteiger partial charge in [-0.05, 0) is 26.0 Å². The van der Waals surface area contributed by atoms with Crippen molar-refractivity contribution in [3.8, 4) is 0 Å². The average Bonchev–Trinajstić information content (AvgIpc) is 3.21. The summed E-state index contributed by atoms with van der Waals surface area (Å²) in [4.78, 5) is 19.0. The van der Waals surface area contributed by atoms with Crippen LogP contribution in [0.4, 0.5) is 0 Å². The molecule has 3 heterocycles. The molecule has 1 aliphatic rings. The van der Waals surface area contributed by atoms with E-state index in [0.29, 0.717) is 37.8 Å². The Morgan fingerprint density at radius 2 is 2.04 bits per heavy atom. The number of carbonyl (C=O) groups is 1. The summed E-state index contributed by atoms with van der Waals surface area (Å²) < 4.78 is 16.8. The molecule has 136 valence electrons. The molecule has 0 spiro atoms. The highest BCUT2D eigenvalue weighted by molar-refractivity contribution is 5.92. The van der Waals surface area contributed by atoms with E-state index >= 15 is 0 Å². The van der Waals surface area contributed by atoms with E-state index in [4.69, 9.17) is 13.6 Å². The van der Waals surface area contributed by atoms with Crippen molar-refractivity contribution in [2.45, 2.75) is 33.2 Å². The fraction of sp³-hybridized carbons (Fsp3) is 0.556. The summed E-state index contributed by atoms with van der Waals surface area (Å²) in [6.07, 6.45) is 0.663. The van der Waals surface area contributed by atoms with Gasteiger partial charge in [0.2, 0.25) is 5.76 Å². The fourth-order valence-electron chi connectivity index (χ4n) is 3.02. The maximum Gasteiger partial charge on any atom is 0.289 e. The van der Waals surface area contributed by atoms with Crippen LogP contribution in [0.15, 0.2) is 21.0 Å². The smallest absolute Gasteiger partial charge is 0.289 e. The van der Waals surface area contributed by atoms with E-state index in [-0.39, 0.29) is 17.7 Å². The Kier molecular flexibility index (Phi) is 5.55. The second kappa shape index (κ2) is 7.84. The van der Waals surface area contributed by atoms with Crippen molar-refractivity contribution >= 4 is 5.91 Å². The maximum atomic E-state index is 12.5. The number of nitrogens with one attached hydrogen (secondary N) is 1. The second-order valence-corrected chi connectivity index (χ2v) is 6.20. The first kappa shape index (κ1) is 17.7. The third-order valence-corrected chi connectivity index (χ3v) is 4.38. The lowest BCUT2D eigenvalue weighted by Gasteiger charge is -2.33. The number of aromatic nitrogens is 1. The molecule has 7 nitrogen and oxygen atoms in total. The minimum Gasteiger partial charge on any atom is -0.465 e. The van der Waals surface area contributed by atoms with Crippen LogP contribution >= 0.6 is 0 Å². The van der Waals surface area contributed by atoms with Gasteiger partial charge in [0.1, 0.15) is 11.5 Å². The zero-order chi connectivity index (χ0) is 17.8. The Hall–Kier alpha value is -2.12. The highest BCUT2D eigenvalue weighted by Gasteiger charge is 2.27. The quantitative estimate of drug-likeness (QED) is 0.863. The lowest BCUT2D eigenvalue weighted by Crippen LogP contribution is -2.43. The number of amides is 1. The summed E-state index contributed by atoms with van der Waals surface area (Å²) >= 11 is 0. The Labute approximate surface area is 147 Å². The van der Waals surface area contributed by atoms with E-state index in [1.165, 1.54) is 0 Å². The third kappa shape index (κ3) is 4.11. The van der Waals surface area contributed by atoms with E-state index < -0.39 is 0 Å². The highest BCUT2D eigenvalue weighted by atomic mass is 16.5. The summed E-state index contributed by atoms with van der Waals surface area (Å²) in [6.45, 7) is 9.07. The molecule has 1 saturated heterocycles. The first-order valence-electron chi connectivity index (χ1n) is 8.71. The van der Waals surface area contributed by atoms with Crippen LogP contribution < -0.4 is 5.32 Å². The standard InChI is InChI=1S/C18H25N3O4/c1-4-16-20-13(3)17(25-16)18(22)19-11-14(15-6-5-12(2)24-15)21-7-9-23-10-8-21/h5-6,14H,4,7-11H2,1-3H3,(H,19,22). The maximum absolute atomic E-state index is 12.5. The van der Waals surface area contributed by atoms with Crippen molar-refractivity contribution in [2.75, 3.05) is 32.8 Å². The molecule has 0 saturated carbocycles. The lowest BCUT2D eigenvalue weighted by atomic mass is 10.1. The number of morpholine rings is 1. The second-order valence-electron chi connectivity index (χ2n) is 6.20. The van der Waals surface area contributed by atoms with E-state index in [9.17, 15) is 4.79 Å². The highest BCUT2D eigenvalue weighted by Crippen LogP contribution is 2.23. The van der Waals surface area contributed by atoms with Crippen molar-refractivity contribution in [2.24, 2.45) is 0 Å². The Morgan fingerprint density at radius 1 is 1.28 bits per heavy atom. The number of rotatable bonds is 6. The number of hydrogen-bond acceptors (Lipinski definition) is 6. The topological polar surface area (TPSA) is 80.7 Å². The van der Waals surface area contributed by atoms with E-state index in [1.807, 2.05) is 26.0 Å². The number of nitrogens with zero attached hydrogens (tertiary/aromatic N) is 2. The van der Waals surface area contributed by atoms with Gasteiger partial charge in [-0.1, -0.05) is 6.92 Å².